The fraction of sp³-hybridized carbons (Fsp3) is 0.708. The Balaban J connectivity index is 1.88. The van der Waals surface area contributed by atoms with Crippen molar-refractivity contribution in [2.24, 2.45) is 10.8 Å². The Bertz CT molecular complexity index is 618. The van der Waals surface area contributed by atoms with Crippen LogP contribution in [0.4, 0.5) is 0 Å². The molecule has 146 valence electrons. The quantitative estimate of drug-likeness (QED) is 0.476. The highest BCUT2D eigenvalue weighted by molar-refractivity contribution is 5.77. The van der Waals surface area contributed by atoms with Crippen LogP contribution in [0.15, 0.2) is 12.1 Å². The molecule has 1 N–H and O–H groups in total. The molecule has 0 aromatic heterocycles. The van der Waals surface area contributed by atoms with Crippen molar-refractivity contribution in [1.82, 2.24) is 0 Å². The summed E-state index contributed by atoms with van der Waals surface area (Å²) in [6.07, 6.45) is 10.8. The number of benzene rings is 1. The van der Waals surface area contributed by atoms with E-state index < -0.39 is 5.97 Å². The average Bonchev–Trinajstić information content (AvgIpc) is 3.33. The first kappa shape index (κ1) is 21.0. The lowest BCUT2D eigenvalue weighted by Crippen LogP contribution is -2.14. The van der Waals surface area contributed by atoms with Gasteiger partial charge in [-0.15, -0.1) is 0 Å². The van der Waals surface area contributed by atoms with Gasteiger partial charge in [-0.2, -0.15) is 0 Å². The van der Waals surface area contributed by atoms with Crippen LogP contribution in [0.25, 0.3) is 0 Å². The summed E-state index contributed by atoms with van der Waals surface area (Å²) in [7, 11) is 0. The molecule has 0 amide bonds. The minimum absolute atomic E-state index is 0.362. The van der Waals surface area contributed by atoms with Crippen molar-refractivity contribution in [3.63, 3.8) is 0 Å². The van der Waals surface area contributed by atoms with E-state index in [4.69, 9.17) is 0 Å². The van der Waals surface area contributed by atoms with Crippen molar-refractivity contribution in [3.05, 3.63) is 34.4 Å². The maximum atomic E-state index is 11.3. The van der Waals surface area contributed by atoms with Crippen LogP contribution in [0.3, 0.4) is 0 Å². The Morgan fingerprint density at radius 2 is 1.69 bits per heavy atom. The van der Waals surface area contributed by atoms with E-state index in [1.807, 2.05) is 0 Å². The highest BCUT2D eigenvalue weighted by Crippen LogP contribution is 2.50. The Morgan fingerprint density at radius 3 is 2.27 bits per heavy atom. The molecule has 0 aliphatic heterocycles. The van der Waals surface area contributed by atoms with Gasteiger partial charge in [-0.25, -0.2) is 0 Å². The van der Waals surface area contributed by atoms with Gasteiger partial charge in [0.1, 0.15) is 0 Å². The number of carboxylic acid groups (broad SMARTS) is 1. The maximum Gasteiger partial charge on any atom is 0.309 e. The zero-order valence-corrected chi connectivity index (χ0v) is 17.6. The molecule has 0 bridgehead atoms. The number of aryl methyl sites for hydroxylation is 2. The van der Waals surface area contributed by atoms with E-state index in [0.29, 0.717) is 5.41 Å². The van der Waals surface area contributed by atoms with Gasteiger partial charge in [0.05, 0.1) is 5.41 Å². The number of aliphatic carboxylic acids is 1. The molecule has 2 heteroatoms. The van der Waals surface area contributed by atoms with E-state index in [-0.39, 0.29) is 5.41 Å². The summed E-state index contributed by atoms with van der Waals surface area (Å²) in [5, 5.41) is 9.31. The zero-order chi connectivity index (χ0) is 19.4. The highest BCUT2D eigenvalue weighted by Gasteiger charge is 2.49. The summed E-state index contributed by atoms with van der Waals surface area (Å²) in [5.74, 6) is -0.580. The molecule has 1 aromatic carbocycles. The van der Waals surface area contributed by atoms with Crippen molar-refractivity contribution in [2.75, 3.05) is 0 Å². The number of rotatable bonds is 10. The summed E-state index contributed by atoms with van der Waals surface area (Å²) < 4.78 is 0. The van der Waals surface area contributed by atoms with Crippen LogP contribution >= 0.6 is 0 Å². The standard InChI is InChI=1S/C24H38O2/c1-18-12-13-20(10-6-9-15-24(16-17-24)22(25)26)21(19(18)2)11-7-8-14-23(3,4)5/h12-13H,6-11,14-17H2,1-5H3,(H,25,26). The van der Waals surface area contributed by atoms with Gasteiger partial charge >= 0.3 is 5.97 Å². The third kappa shape index (κ3) is 5.86. The van der Waals surface area contributed by atoms with Gasteiger partial charge in [0.25, 0.3) is 0 Å². The van der Waals surface area contributed by atoms with Crippen LogP contribution in [-0.4, -0.2) is 11.1 Å². The third-order valence-corrected chi connectivity index (χ3v) is 6.23. The fourth-order valence-corrected chi connectivity index (χ4v) is 3.97. The second-order valence-electron chi connectivity index (χ2n) is 9.71. The lowest BCUT2D eigenvalue weighted by Gasteiger charge is -2.19. The monoisotopic (exact) mass is 358 g/mol. The van der Waals surface area contributed by atoms with Crippen molar-refractivity contribution >= 4 is 5.97 Å². The molecule has 1 aliphatic carbocycles. The van der Waals surface area contributed by atoms with Crippen molar-refractivity contribution in [1.29, 1.82) is 0 Å². The van der Waals surface area contributed by atoms with Crippen molar-refractivity contribution in [3.8, 4) is 0 Å². The number of hydrogen-bond acceptors (Lipinski definition) is 1. The lowest BCUT2D eigenvalue weighted by molar-refractivity contribution is -0.143. The van der Waals surface area contributed by atoms with Crippen LogP contribution < -0.4 is 0 Å². The molecule has 0 heterocycles. The molecule has 0 saturated heterocycles. The fourth-order valence-electron chi connectivity index (χ4n) is 3.97. The molecule has 0 unspecified atom stereocenters. The Kier molecular flexibility index (Phi) is 6.93. The number of carboxylic acids is 1. The molecule has 1 aliphatic rings. The first-order chi connectivity index (χ1) is 12.1. The molecule has 1 fully saturated rings. The lowest BCUT2D eigenvalue weighted by atomic mass is 9.87. The molecule has 0 spiro atoms. The van der Waals surface area contributed by atoms with Crippen LogP contribution in [0, 0.1) is 24.7 Å². The minimum Gasteiger partial charge on any atom is -0.481 e. The molecule has 2 rings (SSSR count). The Morgan fingerprint density at radius 1 is 1.04 bits per heavy atom. The molecule has 2 nitrogen and oxygen atoms in total. The van der Waals surface area contributed by atoms with Crippen molar-refractivity contribution < 1.29 is 9.90 Å². The van der Waals surface area contributed by atoms with Crippen LogP contribution in [-0.2, 0) is 17.6 Å². The van der Waals surface area contributed by atoms with Gasteiger partial charge in [-0.05, 0) is 92.9 Å². The van der Waals surface area contributed by atoms with E-state index in [1.54, 1.807) is 5.56 Å². The first-order valence-corrected chi connectivity index (χ1v) is 10.5. The molecule has 1 aromatic rings. The Hall–Kier alpha value is -1.31. The minimum atomic E-state index is -0.580. The van der Waals surface area contributed by atoms with Crippen LogP contribution in [0.1, 0.15) is 94.4 Å². The second kappa shape index (κ2) is 8.59. The van der Waals surface area contributed by atoms with Crippen LogP contribution in [0.2, 0.25) is 0 Å². The highest BCUT2D eigenvalue weighted by atomic mass is 16.4. The first-order valence-electron chi connectivity index (χ1n) is 10.5. The topological polar surface area (TPSA) is 37.3 Å². The predicted octanol–water partition coefficient (Wildman–Crippen LogP) is 6.64. The van der Waals surface area contributed by atoms with Gasteiger partial charge in [0.2, 0.25) is 0 Å². The predicted molar refractivity (Wildman–Crippen MR) is 110 cm³/mol. The van der Waals surface area contributed by atoms with Gasteiger partial charge in [0, 0.05) is 0 Å². The number of unbranched alkanes of at least 4 members (excludes halogenated alkanes) is 2. The normalized spacial score (nSPS) is 15.9. The summed E-state index contributed by atoms with van der Waals surface area (Å²) in [6, 6.07) is 4.56. The zero-order valence-electron chi connectivity index (χ0n) is 17.6. The number of carbonyl (C=O) groups is 1. The van der Waals surface area contributed by atoms with Gasteiger partial charge < -0.3 is 5.11 Å². The third-order valence-electron chi connectivity index (χ3n) is 6.23. The van der Waals surface area contributed by atoms with Gasteiger partial charge in [-0.1, -0.05) is 45.7 Å². The largest absolute Gasteiger partial charge is 0.481 e. The molecule has 0 atom stereocenters. The summed E-state index contributed by atoms with van der Waals surface area (Å²) in [6.45, 7) is 11.4. The maximum absolute atomic E-state index is 11.3. The molecular formula is C24H38O2. The van der Waals surface area contributed by atoms with E-state index in [0.717, 1.165) is 38.5 Å². The summed E-state index contributed by atoms with van der Waals surface area (Å²) in [4.78, 5) is 11.3. The molecule has 1 saturated carbocycles. The molecule has 26 heavy (non-hydrogen) atoms. The second-order valence-corrected chi connectivity index (χ2v) is 9.71. The van der Waals surface area contributed by atoms with Crippen LogP contribution in [0.5, 0.6) is 0 Å². The van der Waals surface area contributed by atoms with Gasteiger partial charge in [0.15, 0.2) is 0 Å². The van der Waals surface area contributed by atoms with E-state index >= 15 is 0 Å². The summed E-state index contributed by atoms with van der Waals surface area (Å²) >= 11 is 0. The van der Waals surface area contributed by atoms with E-state index in [1.165, 1.54) is 42.4 Å². The molecule has 0 radical (unpaired) electrons. The Labute approximate surface area is 160 Å². The molecular weight excluding hydrogens is 320 g/mol. The summed E-state index contributed by atoms with van der Waals surface area (Å²) in [5.41, 5.74) is 5.96. The van der Waals surface area contributed by atoms with Gasteiger partial charge in [-0.3, -0.25) is 4.79 Å². The average molecular weight is 359 g/mol. The van der Waals surface area contributed by atoms with E-state index in [2.05, 4.69) is 46.8 Å². The van der Waals surface area contributed by atoms with Crippen molar-refractivity contribution in [2.45, 2.75) is 98.8 Å². The SMILES string of the molecule is Cc1ccc(CCCCC2(C(=O)O)CC2)c(CCCCC(C)(C)C)c1C. The van der Waals surface area contributed by atoms with E-state index in [9.17, 15) is 9.90 Å². The smallest absolute Gasteiger partial charge is 0.309 e. The number of hydrogen-bond donors (Lipinski definition) is 1.